The lowest BCUT2D eigenvalue weighted by Gasteiger charge is -2.40. The lowest BCUT2D eigenvalue weighted by Crippen LogP contribution is -2.48. The fourth-order valence-electron chi connectivity index (χ4n) is 11.6. The van der Waals surface area contributed by atoms with Gasteiger partial charge in [0.1, 0.15) is 23.6 Å². The van der Waals surface area contributed by atoms with Gasteiger partial charge in [0.05, 0.1) is 53.8 Å². The van der Waals surface area contributed by atoms with Crippen molar-refractivity contribution in [2.45, 2.75) is 113 Å². The van der Waals surface area contributed by atoms with E-state index in [-0.39, 0.29) is 65.7 Å². The van der Waals surface area contributed by atoms with E-state index >= 15 is 4.39 Å². The summed E-state index contributed by atoms with van der Waals surface area (Å²) in [4.78, 5) is 60.5. The molecule has 2 N–H and O–H groups in total. The molecule has 6 aliphatic rings. The van der Waals surface area contributed by atoms with Crippen LogP contribution in [0.25, 0.3) is 16.7 Å². The molecule has 66 heavy (non-hydrogen) atoms. The number of alkyl halides is 3. The fraction of sp³-hybridized carbons (Fsp3) is 0.587. The molecule has 5 aromatic rings. The number of carbonyl (C=O) groups is 3. The third-order valence-electron chi connectivity index (χ3n) is 15.2. The molecular formula is C46H54F3N11O6. The van der Waals surface area contributed by atoms with Crippen LogP contribution in [0.3, 0.4) is 0 Å². The molecule has 6 fully saturated rings. The molecule has 1 aromatic carbocycles. The van der Waals surface area contributed by atoms with Gasteiger partial charge in [-0.15, -0.1) is 0 Å². The van der Waals surface area contributed by atoms with Gasteiger partial charge >= 0.3 is 5.69 Å². The molecule has 2 bridgehead atoms. The molecule has 5 atom stereocenters. The van der Waals surface area contributed by atoms with Crippen LogP contribution in [0.5, 0.6) is 0 Å². The standard InChI is InChI=1S/C46H54F3N11O6/c1-55-41-31(3-2-4-35(41)60(46(55)64)36-9-10-39(61)53-45(36)63)27-15-26(16-27)23-66-37-11-13-56(21-33(37)47)19-25-5-7-28(8-6-25)59-22-34(40(54-59)42(48)49)51-44(62)32-18-50-58-14-12-38(52-43(32)58)57-20-30-17-29(57)24-65-30/h2-4,12,14,18,22,25-30,33,36-37,42H,5-11,13,15-17,19-21,23-24H2,1H3,(H,51,62)(H,53,61,63)/t25?,26?,27?,28?,29-,30-,33+,36?,37+/m1/s1. The number of rotatable bonds is 12. The first-order chi connectivity index (χ1) is 31.9. The molecule has 4 aromatic heterocycles. The number of halogens is 3. The summed E-state index contributed by atoms with van der Waals surface area (Å²) in [7, 11) is 1.72. The third kappa shape index (κ3) is 7.87. The minimum absolute atomic E-state index is 0.0391. The van der Waals surface area contributed by atoms with Gasteiger partial charge in [-0.25, -0.2) is 27.5 Å². The van der Waals surface area contributed by atoms with Gasteiger partial charge in [0.2, 0.25) is 11.8 Å². The highest BCUT2D eigenvalue weighted by atomic mass is 19.3. The smallest absolute Gasteiger partial charge is 0.329 e. The van der Waals surface area contributed by atoms with Crippen molar-refractivity contribution in [1.82, 2.24) is 43.7 Å². The third-order valence-corrected chi connectivity index (χ3v) is 15.2. The number of benzene rings is 1. The minimum atomic E-state index is -2.89. The maximum Gasteiger partial charge on any atom is 0.329 e. The number of likely N-dealkylation sites (tertiary alicyclic amines) is 1. The van der Waals surface area contributed by atoms with Crippen LogP contribution in [-0.4, -0.2) is 120 Å². The first-order valence-electron chi connectivity index (χ1n) is 23.4. The van der Waals surface area contributed by atoms with Crippen LogP contribution in [0.4, 0.5) is 24.7 Å². The number of fused-ring (bicyclic) bond motifs is 4. The van der Waals surface area contributed by atoms with Gasteiger partial charge in [0.15, 0.2) is 11.3 Å². The number of nitrogens with zero attached hydrogens (tertiary/aromatic N) is 9. The maximum absolute atomic E-state index is 15.6. The Labute approximate surface area is 377 Å². The second-order valence-corrected chi connectivity index (χ2v) is 19.3. The molecule has 20 heteroatoms. The topological polar surface area (TPSA) is 175 Å². The Hall–Kier alpha value is -5.60. The number of aromatic nitrogens is 7. The van der Waals surface area contributed by atoms with Gasteiger partial charge < -0.3 is 19.7 Å². The molecule has 1 unspecified atom stereocenters. The van der Waals surface area contributed by atoms with E-state index in [1.54, 1.807) is 22.5 Å². The highest BCUT2D eigenvalue weighted by molar-refractivity contribution is 6.08. The van der Waals surface area contributed by atoms with Crippen LogP contribution in [-0.2, 0) is 26.1 Å². The van der Waals surface area contributed by atoms with Crippen LogP contribution in [0.1, 0.15) is 110 Å². The molecule has 0 radical (unpaired) electrons. The van der Waals surface area contributed by atoms with Gasteiger partial charge in [-0.1, -0.05) is 12.1 Å². The highest BCUT2D eigenvalue weighted by Gasteiger charge is 2.41. The van der Waals surface area contributed by atoms with Crippen LogP contribution < -0.4 is 21.2 Å². The second-order valence-electron chi connectivity index (χ2n) is 19.3. The first-order valence-corrected chi connectivity index (χ1v) is 23.4. The van der Waals surface area contributed by atoms with Gasteiger partial charge in [0, 0.05) is 58.6 Å². The van der Waals surface area contributed by atoms with E-state index in [4.69, 9.17) is 14.5 Å². The van der Waals surface area contributed by atoms with Crippen LogP contribution in [0, 0.1) is 11.8 Å². The van der Waals surface area contributed by atoms with Crippen molar-refractivity contribution in [3.8, 4) is 0 Å². The number of ether oxygens (including phenoxy) is 2. The molecular weight excluding hydrogens is 860 g/mol. The Morgan fingerprint density at radius 2 is 1.85 bits per heavy atom. The Kier molecular flexibility index (Phi) is 11.2. The van der Waals surface area contributed by atoms with E-state index in [1.807, 2.05) is 24.3 Å². The van der Waals surface area contributed by atoms with E-state index in [0.717, 1.165) is 81.5 Å². The number of para-hydroxylation sites is 1. The second kappa shape index (κ2) is 17.2. The number of morpholine rings is 1. The first kappa shape index (κ1) is 43.0. The van der Waals surface area contributed by atoms with Crippen molar-refractivity contribution in [2.75, 3.05) is 49.6 Å². The van der Waals surface area contributed by atoms with Gasteiger partial charge in [-0.2, -0.15) is 10.2 Å². The quantitative estimate of drug-likeness (QED) is 0.160. The average molecular weight is 914 g/mol. The fourth-order valence-corrected chi connectivity index (χ4v) is 11.6. The summed E-state index contributed by atoms with van der Waals surface area (Å²) in [6.45, 7) is 3.62. The lowest BCUT2D eigenvalue weighted by molar-refractivity contribution is -0.135. The summed E-state index contributed by atoms with van der Waals surface area (Å²) in [6.07, 6.45) is 7.18. The molecule has 8 heterocycles. The van der Waals surface area contributed by atoms with E-state index in [1.165, 1.54) is 21.5 Å². The van der Waals surface area contributed by atoms with Crippen molar-refractivity contribution in [2.24, 2.45) is 18.9 Å². The Morgan fingerprint density at radius 3 is 2.59 bits per heavy atom. The summed E-state index contributed by atoms with van der Waals surface area (Å²) < 4.78 is 62.4. The minimum Gasteiger partial charge on any atom is -0.375 e. The number of aryl methyl sites for hydroxylation is 1. The van der Waals surface area contributed by atoms with E-state index < -0.39 is 42.3 Å². The Morgan fingerprint density at radius 1 is 1.02 bits per heavy atom. The summed E-state index contributed by atoms with van der Waals surface area (Å²) in [6, 6.07) is 7.03. The summed E-state index contributed by atoms with van der Waals surface area (Å²) in [5.41, 5.74) is 2.23. The monoisotopic (exact) mass is 913 g/mol. The Bertz CT molecular complexity index is 2740. The highest BCUT2D eigenvalue weighted by Crippen LogP contribution is 2.45. The number of imide groups is 1. The number of imidazole rings is 1. The van der Waals surface area contributed by atoms with Gasteiger partial charge in [-0.05, 0) is 93.2 Å². The number of carbonyl (C=O) groups excluding carboxylic acids is 3. The SMILES string of the molecule is Cn1c(=O)n(C2CCC(=O)NC2=O)c2cccc(C3CC(CO[C@H]4CCN(CC5CCC(n6cc(NC(=O)c7cnn8ccc(N9C[C@H]%10C[C@@H]9CO%10)nc78)c(C(F)F)n6)CC5)C[C@@H]4F)C3)c21. The molecule has 4 saturated heterocycles. The number of nitrogens with one attached hydrogen (secondary N) is 2. The van der Waals surface area contributed by atoms with Crippen LogP contribution in [0.2, 0.25) is 0 Å². The number of piperidine rings is 2. The zero-order valence-corrected chi connectivity index (χ0v) is 36.7. The van der Waals surface area contributed by atoms with E-state index in [9.17, 15) is 28.0 Å². The molecule has 11 rings (SSSR count). The van der Waals surface area contributed by atoms with Gasteiger partial charge in [-0.3, -0.25) is 38.4 Å². The molecule has 4 aliphatic heterocycles. The predicted molar refractivity (Wildman–Crippen MR) is 234 cm³/mol. The normalized spacial score (nSPS) is 29.3. The van der Waals surface area contributed by atoms with Crippen molar-refractivity contribution in [1.29, 1.82) is 0 Å². The van der Waals surface area contributed by atoms with Gasteiger partial charge in [0.25, 0.3) is 12.3 Å². The molecule has 350 valence electrons. The zero-order valence-electron chi connectivity index (χ0n) is 36.7. The molecule has 17 nitrogen and oxygen atoms in total. The number of anilines is 2. The van der Waals surface area contributed by atoms with Crippen molar-refractivity contribution in [3.05, 3.63) is 70.2 Å². The average Bonchev–Trinajstić information content (AvgIpc) is 4.14. The van der Waals surface area contributed by atoms with Crippen molar-refractivity contribution < 1.29 is 37.0 Å². The summed E-state index contributed by atoms with van der Waals surface area (Å²) in [5.74, 6) is 0.154. The molecule has 2 aliphatic carbocycles. The van der Waals surface area contributed by atoms with E-state index in [0.29, 0.717) is 43.3 Å². The predicted octanol–water partition coefficient (Wildman–Crippen LogP) is 5.08. The number of amides is 3. The molecule has 2 saturated carbocycles. The Balaban J connectivity index is 0.646. The van der Waals surface area contributed by atoms with Crippen molar-refractivity contribution in [3.63, 3.8) is 0 Å². The number of hydrogen-bond donors (Lipinski definition) is 2. The van der Waals surface area contributed by atoms with Crippen molar-refractivity contribution >= 4 is 45.9 Å². The zero-order chi connectivity index (χ0) is 45.4. The maximum atomic E-state index is 15.6. The van der Waals surface area contributed by atoms with Crippen LogP contribution in [0.15, 0.2) is 47.7 Å². The largest absolute Gasteiger partial charge is 0.375 e. The summed E-state index contributed by atoms with van der Waals surface area (Å²) >= 11 is 0. The molecule has 3 amide bonds. The van der Waals surface area contributed by atoms with Crippen LogP contribution >= 0.6 is 0 Å². The summed E-state index contributed by atoms with van der Waals surface area (Å²) in [5, 5.41) is 13.6. The molecule has 0 spiro atoms. The number of hydrogen-bond acceptors (Lipinski definition) is 11. The van der Waals surface area contributed by atoms with E-state index in [2.05, 4.69) is 30.6 Å². The lowest BCUT2D eigenvalue weighted by atomic mass is 9.71.